The molecule has 3 aromatic carbocycles. The number of hydrogen-bond acceptors (Lipinski definition) is 4. The molecular formula is C26H29NO3. The second-order valence-corrected chi connectivity index (χ2v) is 8.51. The van der Waals surface area contributed by atoms with Gasteiger partial charge in [0.2, 0.25) is 0 Å². The summed E-state index contributed by atoms with van der Waals surface area (Å²) in [6, 6.07) is 19.4. The predicted molar refractivity (Wildman–Crippen MR) is 120 cm³/mol. The zero-order chi connectivity index (χ0) is 20.6. The van der Waals surface area contributed by atoms with E-state index in [0.717, 1.165) is 48.6 Å². The first-order chi connectivity index (χ1) is 14.7. The van der Waals surface area contributed by atoms with Crippen molar-refractivity contribution < 1.29 is 14.2 Å². The second-order valence-electron chi connectivity index (χ2n) is 8.51. The molecule has 0 radical (unpaired) electrons. The number of methoxy groups -OCH3 is 2. The number of fused-ring (bicyclic) bond motifs is 2. The molecule has 1 atom stereocenters. The van der Waals surface area contributed by atoms with Gasteiger partial charge in [-0.3, -0.25) is 0 Å². The summed E-state index contributed by atoms with van der Waals surface area (Å²) in [5, 5.41) is 6.44. The summed E-state index contributed by atoms with van der Waals surface area (Å²) in [4.78, 5) is 0. The third-order valence-electron chi connectivity index (χ3n) is 6.73. The Morgan fingerprint density at radius 2 is 1.70 bits per heavy atom. The fourth-order valence-electron chi connectivity index (χ4n) is 5.18. The van der Waals surface area contributed by atoms with Crippen LogP contribution in [-0.2, 0) is 6.54 Å². The lowest BCUT2D eigenvalue weighted by Crippen LogP contribution is -2.42. The Morgan fingerprint density at radius 3 is 2.50 bits per heavy atom. The van der Waals surface area contributed by atoms with E-state index in [1.807, 2.05) is 6.07 Å². The number of rotatable bonds is 5. The fraction of sp³-hybridized carbons (Fsp3) is 0.385. The van der Waals surface area contributed by atoms with Crippen LogP contribution in [0.2, 0.25) is 0 Å². The summed E-state index contributed by atoms with van der Waals surface area (Å²) < 4.78 is 17.7. The third-order valence-corrected chi connectivity index (χ3v) is 6.73. The molecule has 1 saturated carbocycles. The minimum atomic E-state index is -0.0664. The van der Waals surface area contributed by atoms with Crippen molar-refractivity contribution >= 4 is 10.8 Å². The highest BCUT2D eigenvalue weighted by Gasteiger charge is 2.43. The minimum Gasteiger partial charge on any atom is -0.493 e. The third kappa shape index (κ3) is 3.39. The van der Waals surface area contributed by atoms with Gasteiger partial charge in [0.25, 0.3) is 0 Å². The van der Waals surface area contributed by atoms with Crippen LogP contribution in [-0.4, -0.2) is 19.8 Å². The lowest BCUT2D eigenvalue weighted by Gasteiger charge is -2.40. The SMILES string of the molecule is COc1cc2c(cc1OC)[C@H](NCc1cccc3ccccc13)CC1(CCCC1)O2. The smallest absolute Gasteiger partial charge is 0.164 e. The van der Waals surface area contributed by atoms with Crippen molar-refractivity contribution in [2.75, 3.05) is 14.2 Å². The van der Waals surface area contributed by atoms with Gasteiger partial charge < -0.3 is 19.5 Å². The molecule has 1 spiro atoms. The molecule has 3 aromatic rings. The van der Waals surface area contributed by atoms with Gasteiger partial charge in [0.05, 0.1) is 14.2 Å². The molecular weight excluding hydrogens is 374 g/mol. The van der Waals surface area contributed by atoms with Crippen molar-refractivity contribution in [2.45, 2.75) is 50.3 Å². The first kappa shape index (κ1) is 19.3. The molecule has 4 heteroatoms. The average molecular weight is 404 g/mol. The molecule has 2 aliphatic rings. The molecule has 0 bridgehead atoms. The van der Waals surface area contributed by atoms with Gasteiger partial charge in [-0.15, -0.1) is 0 Å². The summed E-state index contributed by atoms with van der Waals surface area (Å²) in [6.45, 7) is 0.815. The van der Waals surface area contributed by atoms with Gasteiger partial charge in [0.1, 0.15) is 11.4 Å². The number of benzene rings is 3. The van der Waals surface area contributed by atoms with Crippen molar-refractivity contribution in [1.29, 1.82) is 0 Å². The monoisotopic (exact) mass is 403 g/mol. The van der Waals surface area contributed by atoms with E-state index >= 15 is 0 Å². The standard InChI is InChI=1S/C26H29NO3/c1-28-24-14-21-22(27-17-19-10-7-9-18-8-3-4-11-20(18)19)16-26(12-5-6-13-26)30-23(21)15-25(24)29-2/h3-4,7-11,14-15,22,27H,5-6,12-13,16-17H2,1-2H3/t22-/m1/s1. The van der Waals surface area contributed by atoms with Crippen LogP contribution in [0.15, 0.2) is 54.6 Å². The lowest BCUT2D eigenvalue weighted by atomic mass is 9.85. The molecule has 1 aliphatic heterocycles. The van der Waals surface area contributed by atoms with Crippen LogP contribution in [0.1, 0.15) is 49.3 Å². The van der Waals surface area contributed by atoms with Gasteiger partial charge in [0.15, 0.2) is 11.5 Å². The van der Waals surface area contributed by atoms with E-state index in [0.29, 0.717) is 0 Å². The van der Waals surface area contributed by atoms with Crippen molar-refractivity contribution in [3.63, 3.8) is 0 Å². The Bertz CT molecular complexity index is 1050. The molecule has 4 nitrogen and oxygen atoms in total. The molecule has 1 aliphatic carbocycles. The van der Waals surface area contributed by atoms with Crippen LogP contribution < -0.4 is 19.5 Å². The van der Waals surface area contributed by atoms with Gasteiger partial charge in [-0.05, 0) is 48.1 Å². The van der Waals surface area contributed by atoms with Crippen LogP contribution in [0.5, 0.6) is 17.2 Å². The van der Waals surface area contributed by atoms with E-state index in [-0.39, 0.29) is 11.6 Å². The molecule has 1 fully saturated rings. The van der Waals surface area contributed by atoms with E-state index in [4.69, 9.17) is 14.2 Å². The number of ether oxygens (including phenoxy) is 3. The quantitative estimate of drug-likeness (QED) is 0.586. The Kier molecular flexibility index (Phi) is 5.03. The van der Waals surface area contributed by atoms with Crippen molar-refractivity contribution in [3.8, 4) is 17.2 Å². The highest BCUT2D eigenvalue weighted by atomic mass is 16.5. The van der Waals surface area contributed by atoms with Crippen LogP contribution in [0.3, 0.4) is 0 Å². The first-order valence-corrected chi connectivity index (χ1v) is 10.9. The van der Waals surface area contributed by atoms with Crippen molar-refractivity contribution in [2.24, 2.45) is 0 Å². The molecule has 0 amide bonds. The lowest BCUT2D eigenvalue weighted by molar-refractivity contribution is 0.0360. The van der Waals surface area contributed by atoms with Gasteiger partial charge in [-0.25, -0.2) is 0 Å². The number of nitrogens with one attached hydrogen (secondary N) is 1. The van der Waals surface area contributed by atoms with Gasteiger partial charge >= 0.3 is 0 Å². The Morgan fingerprint density at radius 1 is 0.967 bits per heavy atom. The van der Waals surface area contributed by atoms with E-state index < -0.39 is 0 Å². The van der Waals surface area contributed by atoms with Crippen molar-refractivity contribution in [3.05, 3.63) is 65.7 Å². The highest BCUT2D eigenvalue weighted by molar-refractivity contribution is 5.85. The normalized spacial score (nSPS) is 19.5. The summed E-state index contributed by atoms with van der Waals surface area (Å²) in [5.74, 6) is 2.40. The van der Waals surface area contributed by atoms with Crippen LogP contribution in [0.4, 0.5) is 0 Å². The Balaban J connectivity index is 1.49. The van der Waals surface area contributed by atoms with Crippen molar-refractivity contribution in [1.82, 2.24) is 5.32 Å². The minimum absolute atomic E-state index is 0.0664. The number of hydrogen-bond donors (Lipinski definition) is 1. The molecule has 0 unspecified atom stereocenters. The van der Waals surface area contributed by atoms with Gasteiger partial charge in [-0.2, -0.15) is 0 Å². The fourth-order valence-corrected chi connectivity index (χ4v) is 5.18. The van der Waals surface area contributed by atoms with E-state index in [9.17, 15) is 0 Å². The maximum Gasteiger partial charge on any atom is 0.164 e. The molecule has 5 rings (SSSR count). The van der Waals surface area contributed by atoms with Crippen LogP contribution >= 0.6 is 0 Å². The summed E-state index contributed by atoms with van der Waals surface area (Å²) in [7, 11) is 3.36. The average Bonchev–Trinajstić information content (AvgIpc) is 3.23. The predicted octanol–water partition coefficient (Wildman–Crippen LogP) is 5.78. The summed E-state index contributed by atoms with van der Waals surface area (Å²) in [5.41, 5.74) is 2.41. The van der Waals surface area contributed by atoms with Gasteiger partial charge in [-0.1, -0.05) is 42.5 Å². The Labute approximate surface area is 178 Å². The first-order valence-electron chi connectivity index (χ1n) is 10.9. The van der Waals surface area contributed by atoms with Crippen LogP contribution in [0, 0.1) is 0 Å². The molecule has 0 saturated heterocycles. The largest absolute Gasteiger partial charge is 0.493 e. The van der Waals surface area contributed by atoms with E-state index in [2.05, 4.69) is 53.8 Å². The molecule has 156 valence electrons. The maximum absolute atomic E-state index is 6.60. The highest BCUT2D eigenvalue weighted by Crippen LogP contribution is 2.50. The molecule has 1 heterocycles. The summed E-state index contributed by atoms with van der Waals surface area (Å²) >= 11 is 0. The zero-order valence-corrected chi connectivity index (χ0v) is 17.7. The zero-order valence-electron chi connectivity index (χ0n) is 17.7. The second kappa shape index (κ2) is 7.84. The van der Waals surface area contributed by atoms with Crippen LogP contribution in [0.25, 0.3) is 10.8 Å². The Hall–Kier alpha value is -2.72. The topological polar surface area (TPSA) is 39.7 Å². The maximum atomic E-state index is 6.60. The summed E-state index contributed by atoms with van der Waals surface area (Å²) in [6.07, 6.45) is 5.69. The molecule has 30 heavy (non-hydrogen) atoms. The van der Waals surface area contributed by atoms with E-state index in [1.165, 1.54) is 29.2 Å². The van der Waals surface area contributed by atoms with Gasteiger partial charge in [0, 0.05) is 30.6 Å². The molecule has 1 N–H and O–H groups in total. The van der Waals surface area contributed by atoms with E-state index in [1.54, 1.807) is 14.2 Å². The molecule has 0 aromatic heterocycles.